The van der Waals surface area contributed by atoms with Crippen molar-refractivity contribution < 1.29 is 13.2 Å². The van der Waals surface area contributed by atoms with Crippen LogP contribution in [0.15, 0.2) is 84.0 Å². The molecular formula is C29H33N5O3S. The highest BCUT2D eigenvalue weighted by atomic mass is 32.2. The summed E-state index contributed by atoms with van der Waals surface area (Å²) in [6.45, 7) is 6.89. The van der Waals surface area contributed by atoms with E-state index in [1.807, 2.05) is 38.2 Å². The molecule has 1 unspecified atom stereocenters. The molecule has 38 heavy (non-hydrogen) atoms. The van der Waals surface area contributed by atoms with Crippen LogP contribution in [-0.2, 0) is 21.3 Å². The zero-order chi connectivity index (χ0) is 26.3. The van der Waals surface area contributed by atoms with Crippen LogP contribution in [0.5, 0.6) is 0 Å². The predicted octanol–water partition coefficient (Wildman–Crippen LogP) is 4.95. The van der Waals surface area contributed by atoms with Gasteiger partial charge in [0.1, 0.15) is 5.65 Å². The molecule has 1 atom stereocenters. The molecular weight excluding hydrogens is 498 g/mol. The second-order valence-electron chi connectivity index (χ2n) is 10.0. The molecule has 9 heteroatoms. The van der Waals surface area contributed by atoms with Crippen molar-refractivity contribution in [1.82, 2.24) is 14.9 Å². The lowest BCUT2D eigenvalue weighted by Gasteiger charge is -2.47. The number of pyridine rings is 1. The van der Waals surface area contributed by atoms with Crippen LogP contribution in [0.4, 0.5) is 11.4 Å². The molecule has 198 valence electrons. The second-order valence-corrected chi connectivity index (χ2v) is 11.8. The summed E-state index contributed by atoms with van der Waals surface area (Å²) in [6.07, 6.45) is 5.30. The number of aromatic nitrogens is 2. The monoisotopic (exact) mass is 531 g/mol. The highest BCUT2D eigenvalue weighted by Crippen LogP contribution is 2.53. The van der Waals surface area contributed by atoms with Crippen molar-refractivity contribution in [2.24, 2.45) is 0 Å². The zero-order valence-electron chi connectivity index (χ0n) is 21.7. The fraction of sp³-hybridized carbons (Fsp3) is 0.345. The molecule has 1 fully saturated rings. The number of benzene rings is 2. The molecule has 2 aromatic carbocycles. The predicted molar refractivity (Wildman–Crippen MR) is 149 cm³/mol. The zero-order valence-corrected chi connectivity index (χ0v) is 22.6. The van der Waals surface area contributed by atoms with E-state index in [0.717, 1.165) is 49.2 Å². The van der Waals surface area contributed by atoms with Crippen molar-refractivity contribution in [3.63, 3.8) is 0 Å². The molecule has 1 saturated heterocycles. The average Bonchev–Trinajstić information content (AvgIpc) is 3.51. The number of sulfonamides is 1. The van der Waals surface area contributed by atoms with Crippen molar-refractivity contribution in [2.45, 2.75) is 50.0 Å². The number of likely N-dealkylation sites (tertiary alicyclic amines) is 1. The normalized spacial score (nSPS) is 20.8. The van der Waals surface area contributed by atoms with Crippen molar-refractivity contribution >= 4 is 32.4 Å². The van der Waals surface area contributed by atoms with Crippen molar-refractivity contribution in [2.75, 3.05) is 28.9 Å². The third-order valence-corrected chi connectivity index (χ3v) is 9.58. The summed E-state index contributed by atoms with van der Waals surface area (Å²) < 4.78 is 36.3. The number of fused-ring (bicyclic) bond motifs is 3. The van der Waals surface area contributed by atoms with Crippen molar-refractivity contribution in [1.29, 1.82) is 0 Å². The summed E-state index contributed by atoms with van der Waals surface area (Å²) in [5.41, 5.74) is 3.43. The van der Waals surface area contributed by atoms with Gasteiger partial charge in [-0.1, -0.05) is 48.5 Å². The van der Waals surface area contributed by atoms with E-state index in [9.17, 15) is 8.42 Å². The van der Waals surface area contributed by atoms with Crippen molar-refractivity contribution in [3.05, 3.63) is 84.7 Å². The molecule has 0 radical (unpaired) electrons. The molecule has 2 aromatic heterocycles. The van der Waals surface area contributed by atoms with Gasteiger partial charge in [0.15, 0.2) is 0 Å². The van der Waals surface area contributed by atoms with Gasteiger partial charge in [-0.3, -0.25) is 4.90 Å². The summed E-state index contributed by atoms with van der Waals surface area (Å²) in [5, 5.41) is 0.894. The van der Waals surface area contributed by atoms with E-state index in [2.05, 4.69) is 44.0 Å². The topological polar surface area (TPSA) is 81.8 Å². The molecule has 2 aliphatic heterocycles. The van der Waals surface area contributed by atoms with E-state index < -0.39 is 15.9 Å². The van der Waals surface area contributed by atoms with Crippen LogP contribution in [0, 0.1) is 0 Å². The molecule has 8 nitrogen and oxygen atoms in total. The average molecular weight is 532 g/mol. The van der Waals surface area contributed by atoms with Gasteiger partial charge in [0.25, 0.3) is 10.0 Å². The number of hydrogen-bond donors (Lipinski definition) is 1. The summed E-state index contributed by atoms with van der Waals surface area (Å²) in [6, 6.07) is 21.2. The third kappa shape index (κ3) is 4.05. The maximum atomic E-state index is 14.2. The Labute approximate surface area is 223 Å². The van der Waals surface area contributed by atoms with E-state index >= 15 is 0 Å². The highest BCUT2D eigenvalue weighted by Gasteiger charge is 2.56. The first-order valence-electron chi connectivity index (χ1n) is 13.2. The molecule has 0 amide bonds. The Kier molecular flexibility index (Phi) is 6.37. The Hall–Kier alpha value is -3.40. The van der Waals surface area contributed by atoms with Crippen LogP contribution in [-0.4, -0.2) is 54.9 Å². The fourth-order valence-electron chi connectivity index (χ4n) is 6.06. The molecule has 0 aliphatic carbocycles. The molecule has 1 N–H and O–H groups in total. The Morgan fingerprint density at radius 1 is 1.03 bits per heavy atom. The summed E-state index contributed by atoms with van der Waals surface area (Å²) in [7, 11) is -3.95. The number of H-pyrrole nitrogens is 1. The number of rotatable bonds is 7. The maximum Gasteiger partial charge on any atom is 0.268 e. The van der Waals surface area contributed by atoms with Crippen molar-refractivity contribution in [3.8, 4) is 0 Å². The van der Waals surface area contributed by atoms with Gasteiger partial charge in [0, 0.05) is 50.8 Å². The Bertz CT molecular complexity index is 1520. The molecule has 6 rings (SSSR count). The Morgan fingerprint density at radius 2 is 1.71 bits per heavy atom. The van der Waals surface area contributed by atoms with Crippen LogP contribution in [0.25, 0.3) is 11.0 Å². The minimum atomic E-state index is -3.95. The van der Waals surface area contributed by atoms with E-state index in [0.29, 0.717) is 12.3 Å². The van der Waals surface area contributed by atoms with Crippen LogP contribution in [0.2, 0.25) is 0 Å². The molecule has 0 bridgehead atoms. The lowest BCUT2D eigenvalue weighted by atomic mass is 10.0. The Morgan fingerprint density at radius 3 is 2.39 bits per heavy atom. The lowest BCUT2D eigenvalue weighted by Crippen LogP contribution is -2.63. The van der Waals surface area contributed by atoms with Gasteiger partial charge in [-0.25, -0.2) is 17.7 Å². The number of hydrogen-bond acceptors (Lipinski definition) is 6. The Balaban J connectivity index is 1.42. The minimum absolute atomic E-state index is 0.0915. The lowest BCUT2D eigenvalue weighted by molar-refractivity contribution is -0.0215. The highest BCUT2D eigenvalue weighted by molar-refractivity contribution is 7.93. The van der Waals surface area contributed by atoms with E-state index in [1.54, 1.807) is 30.5 Å². The van der Waals surface area contributed by atoms with Gasteiger partial charge in [-0.15, -0.1) is 0 Å². The van der Waals surface area contributed by atoms with Gasteiger partial charge in [-0.05, 0) is 43.5 Å². The summed E-state index contributed by atoms with van der Waals surface area (Å²) >= 11 is 0. The number of nitrogens with zero attached hydrogens (tertiary/aromatic N) is 4. The molecule has 2 aliphatic rings. The van der Waals surface area contributed by atoms with Crippen LogP contribution in [0.3, 0.4) is 0 Å². The van der Waals surface area contributed by atoms with Gasteiger partial charge >= 0.3 is 0 Å². The quantitative estimate of drug-likeness (QED) is 0.363. The summed E-state index contributed by atoms with van der Waals surface area (Å²) in [4.78, 5) is 12.7. The largest absolute Gasteiger partial charge is 0.346 e. The van der Waals surface area contributed by atoms with Crippen LogP contribution >= 0.6 is 0 Å². The molecule has 0 saturated carbocycles. The van der Waals surface area contributed by atoms with E-state index in [-0.39, 0.29) is 10.9 Å². The van der Waals surface area contributed by atoms with E-state index in [4.69, 9.17) is 4.74 Å². The SMILES string of the molecule is CCOC1(C)N(C2CCN(Cc3ccccc3)CC2)c2c(cnc3[nH]ccc23)N1S(=O)(=O)c1ccccc1. The first kappa shape index (κ1) is 24.9. The van der Waals surface area contributed by atoms with Gasteiger partial charge in [-0.2, -0.15) is 0 Å². The maximum absolute atomic E-state index is 14.2. The first-order valence-corrected chi connectivity index (χ1v) is 14.6. The number of anilines is 2. The van der Waals surface area contributed by atoms with Crippen LogP contribution < -0.4 is 9.21 Å². The smallest absolute Gasteiger partial charge is 0.268 e. The number of piperidine rings is 1. The number of nitrogens with one attached hydrogen (secondary N) is 1. The minimum Gasteiger partial charge on any atom is -0.346 e. The number of ether oxygens (including phenoxy) is 1. The molecule has 4 heterocycles. The van der Waals surface area contributed by atoms with Gasteiger partial charge < -0.3 is 14.6 Å². The summed E-state index contributed by atoms with van der Waals surface area (Å²) in [5.74, 6) is -1.24. The second kappa shape index (κ2) is 9.72. The van der Waals surface area contributed by atoms with Crippen LogP contribution in [0.1, 0.15) is 32.3 Å². The third-order valence-electron chi connectivity index (χ3n) is 7.69. The molecule has 0 spiro atoms. The first-order chi connectivity index (χ1) is 18.4. The van der Waals surface area contributed by atoms with E-state index in [1.165, 1.54) is 9.87 Å². The molecule has 4 aromatic rings. The number of aromatic amines is 1. The fourth-order valence-corrected chi connectivity index (χ4v) is 7.76. The standard InChI is InChI=1S/C29H33N5O3S/c1-3-37-29(2)33(23-15-18-32(19-16-23)21-22-10-6-4-7-11-22)27-25-14-17-30-28(25)31-20-26(27)34(29)38(35,36)24-12-8-5-9-13-24/h4-14,17,20,23H,3,15-16,18-19,21H2,1-2H3,(H,30,31). The van der Waals surface area contributed by atoms with Gasteiger partial charge in [0.2, 0.25) is 5.85 Å². The van der Waals surface area contributed by atoms with Gasteiger partial charge in [0.05, 0.1) is 22.5 Å².